The summed E-state index contributed by atoms with van der Waals surface area (Å²) in [4.78, 5) is 2.64. The molecule has 0 atom stereocenters. The summed E-state index contributed by atoms with van der Waals surface area (Å²) in [5.41, 5.74) is 2.99. The van der Waals surface area contributed by atoms with Gasteiger partial charge >= 0.3 is 0 Å². The highest BCUT2D eigenvalue weighted by atomic mass is 32.2. The van der Waals surface area contributed by atoms with Gasteiger partial charge in [0.1, 0.15) is 0 Å². The van der Waals surface area contributed by atoms with Gasteiger partial charge in [0.25, 0.3) is 10.0 Å². The van der Waals surface area contributed by atoms with Crippen LogP contribution in [0.4, 0.5) is 5.69 Å². The van der Waals surface area contributed by atoms with Crippen molar-refractivity contribution in [2.24, 2.45) is 0 Å². The number of benzene rings is 2. The summed E-state index contributed by atoms with van der Waals surface area (Å²) in [7, 11) is -3.62. The van der Waals surface area contributed by atoms with E-state index in [2.05, 4.69) is 23.2 Å². The second-order valence-electron chi connectivity index (χ2n) is 6.96. The first-order valence-electron chi connectivity index (χ1n) is 9.51. The average molecular weight is 384 g/mol. The van der Waals surface area contributed by atoms with E-state index in [4.69, 9.17) is 0 Å². The Morgan fingerprint density at radius 2 is 1.74 bits per heavy atom. The molecule has 0 unspecified atom stereocenters. The fourth-order valence-electron chi connectivity index (χ4n) is 3.75. The van der Waals surface area contributed by atoms with Crippen LogP contribution in [-0.4, -0.2) is 38.6 Å². The molecular weight excluding hydrogens is 358 g/mol. The third-order valence-corrected chi connectivity index (χ3v) is 6.85. The van der Waals surface area contributed by atoms with Gasteiger partial charge in [0.2, 0.25) is 0 Å². The van der Waals surface area contributed by atoms with Crippen LogP contribution in [0.25, 0.3) is 10.9 Å². The van der Waals surface area contributed by atoms with E-state index in [1.807, 2.05) is 30.3 Å². The maximum atomic E-state index is 13.2. The summed E-state index contributed by atoms with van der Waals surface area (Å²) >= 11 is 0. The molecule has 1 N–H and O–H groups in total. The van der Waals surface area contributed by atoms with E-state index in [1.54, 1.807) is 18.3 Å². The molecule has 2 aromatic carbocycles. The lowest BCUT2D eigenvalue weighted by atomic mass is 10.1. The molecule has 1 aliphatic heterocycles. The molecule has 0 amide bonds. The van der Waals surface area contributed by atoms with Crippen molar-refractivity contribution in [1.29, 1.82) is 0 Å². The SMILES string of the molecule is CCCc1ccc(S(=O)(=O)n2ccc3c(N4CCNCC4)cccc32)cc1. The summed E-state index contributed by atoms with van der Waals surface area (Å²) in [5.74, 6) is 0. The van der Waals surface area contributed by atoms with Crippen LogP contribution in [-0.2, 0) is 16.4 Å². The van der Waals surface area contributed by atoms with E-state index in [0.717, 1.165) is 61.2 Å². The highest BCUT2D eigenvalue weighted by Gasteiger charge is 2.21. The van der Waals surface area contributed by atoms with Gasteiger partial charge in [-0.25, -0.2) is 12.4 Å². The molecule has 5 nitrogen and oxygen atoms in total. The number of hydrogen-bond acceptors (Lipinski definition) is 4. The number of piperazine rings is 1. The molecule has 3 aromatic rings. The van der Waals surface area contributed by atoms with Crippen LogP contribution >= 0.6 is 0 Å². The first-order valence-corrected chi connectivity index (χ1v) is 11.0. The van der Waals surface area contributed by atoms with Gasteiger partial charge in [-0.2, -0.15) is 0 Å². The highest BCUT2D eigenvalue weighted by molar-refractivity contribution is 7.90. The lowest BCUT2D eigenvalue weighted by Crippen LogP contribution is -2.43. The molecule has 1 aliphatic rings. The van der Waals surface area contributed by atoms with Crippen molar-refractivity contribution in [2.75, 3.05) is 31.1 Å². The zero-order valence-electron chi connectivity index (χ0n) is 15.6. The molecule has 0 spiro atoms. The second-order valence-corrected chi connectivity index (χ2v) is 8.77. The molecule has 0 bridgehead atoms. The number of nitrogens with zero attached hydrogens (tertiary/aromatic N) is 2. The van der Waals surface area contributed by atoms with Gasteiger partial charge in [-0.1, -0.05) is 31.5 Å². The van der Waals surface area contributed by atoms with Crippen LogP contribution in [0, 0.1) is 0 Å². The molecule has 0 aliphatic carbocycles. The minimum absolute atomic E-state index is 0.326. The fourth-order valence-corrected chi connectivity index (χ4v) is 5.09. The lowest BCUT2D eigenvalue weighted by molar-refractivity contribution is 0.588. The topological polar surface area (TPSA) is 54.3 Å². The van der Waals surface area contributed by atoms with E-state index >= 15 is 0 Å². The van der Waals surface area contributed by atoms with Crippen molar-refractivity contribution >= 4 is 26.6 Å². The Bertz CT molecular complexity index is 1030. The average Bonchev–Trinajstić information content (AvgIpc) is 3.14. The van der Waals surface area contributed by atoms with Crippen molar-refractivity contribution in [3.63, 3.8) is 0 Å². The van der Waals surface area contributed by atoms with Crippen LogP contribution in [0.5, 0.6) is 0 Å². The molecule has 4 rings (SSSR count). The molecule has 1 aromatic heterocycles. The smallest absolute Gasteiger partial charge is 0.268 e. The summed E-state index contributed by atoms with van der Waals surface area (Å²) in [6.07, 6.45) is 3.68. The van der Waals surface area contributed by atoms with Crippen LogP contribution in [0.15, 0.2) is 59.6 Å². The number of aryl methyl sites for hydroxylation is 1. The van der Waals surface area contributed by atoms with Gasteiger partial charge in [0.15, 0.2) is 0 Å². The van der Waals surface area contributed by atoms with Gasteiger partial charge in [0, 0.05) is 43.4 Å². The van der Waals surface area contributed by atoms with Crippen molar-refractivity contribution in [1.82, 2.24) is 9.29 Å². The Morgan fingerprint density at radius 3 is 2.44 bits per heavy atom. The molecule has 1 fully saturated rings. The van der Waals surface area contributed by atoms with Gasteiger partial charge in [0.05, 0.1) is 10.4 Å². The minimum Gasteiger partial charge on any atom is -0.368 e. The van der Waals surface area contributed by atoms with Crippen LogP contribution in [0.2, 0.25) is 0 Å². The summed E-state index contributed by atoms with van der Waals surface area (Å²) in [6.45, 7) is 5.86. The molecule has 0 radical (unpaired) electrons. The van der Waals surface area contributed by atoms with E-state index < -0.39 is 10.0 Å². The van der Waals surface area contributed by atoms with Gasteiger partial charge in [-0.3, -0.25) is 0 Å². The Morgan fingerprint density at radius 1 is 1.00 bits per heavy atom. The summed E-state index contributed by atoms with van der Waals surface area (Å²) in [6, 6.07) is 15.1. The molecule has 142 valence electrons. The molecule has 2 heterocycles. The molecule has 6 heteroatoms. The predicted molar refractivity (Wildman–Crippen MR) is 110 cm³/mol. The predicted octanol–water partition coefficient (Wildman–Crippen LogP) is 3.24. The minimum atomic E-state index is -3.62. The van der Waals surface area contributed by atoms with Gasteiger partial charge in [-0.15, -0.1) is 0 Å². The van der Waals surface area contributed by atoms with E-state index in [-0.39, 0.29) is 0 Å². The van der Waals surface area contributed by atoms with Crippen LogP contribution < -0.4 is 10.2 Å². The van der Waals surface area contributed by atoms with E-state index in [0.29, 0.717) is 4.90 Å². The van der Waals surface area contributed by atoms with E-state index in [1.165, 1.54) is 3.97 Å². The van der Waals surface area contributed by atoms with Crippen molar-refractivity contribution < 1.29 is 8.42 Å². The number of rotatable bonds is 5. The molecular formula is C21H25N3O2S. The Kier molecular flexibility index (Phi) is 4.93. The van der Waals surface area contributed by atoms with Gasteiger partial charge in [-0.05, 0) is 42.3 Å². The number of aromatic nitrogens is 1. The largest absolute Gasteiger partial charge is 0.368 e. The third-order valence-electron chi connectivity index (χ3n) is 5.15. The Hall–Kier alpha value is -2.31. The quantitative estimate of drug-likeness (QED) is 0.735. The van der Waals surface area contributed by atoms with E-state index in [9.17, 15) is 8.42 Å². The first kappa shape index (κ1) is 18.1. The lowest BCUT2D eigenvalue weighted by Gasteiger charge is -2.30. The highest BCUT2D eigenvalue weighted by Crippen LogP contribution is 2.30. The zero-order valence-corrected chi connectivity index (χ0v) is 16.4. The Labute approximate surface area is 160 Å². The first-order chi connectivity index (χ1) is 13.1. The standard InChI is InChI=1S/C21H25N3O2S/c1-2-4-17-7-9-18(10-8-17)27(25,26)24-14-11-19-20(5-3-6-21(19)24)23-15-12-22-13-16-23/h3,5-11,14,22H,2,4,12-13,15-16H2,1H3. The number of hydrogen-bond donors (Lipinski definition) is 1. The number of nitrogens with one attached hydrogen (secondary N) is 1. The Balaban J connectivity index is 1.75. The zero-order chi connectivity index (χ0) is 18.9. The monoisotopic (exact) mass is 383 g/mol. The van der Waals surface area contributed by atoms with Crippen LogP contribution in [0.1, 0.15) is 18.9 Å². The molecule has 1 saturated heterocycles. The van der Waals surface area contributed by atoms with Crippen LogP contribution in [0.3, 0.4) is 0 Å². The van der Waals surface area contributed by atoms with Crippen molar-refractivity contribution in [3.8, 4) is 0 Å². The second kappa shape index (κ2) is 7.37. The maximum Gasteiger partial charge on any atom is 0.268 e. The number of anilines is 1. The molecule has 27 heavy (non-hydrogen) atoms. The summed E-state index contributed by atoms with van der Waals surface area (Å²) in [5, 5.41) is 4.33. The molecule has 0 saturated carbocycles. The fraction of sp³-hybridized carbons (Fsp3) is 0.333. The normalized spacial score (nSPS) is 15.4. The third kappa shape index (κ3) is 3.35. The summed E-state index contributed by atoms with van der Waals surface area (Å²) < 4.78 is 27.8. The van der Waals surface area contributed by atoms with Crippen molar-refractivity contribution in [3.05, 3.63) is 60.3 Å². The van der Waals surface area contributed by atoms with Crippen molar-refractivity contribution in [2.45, 2.75) is 24.7 Å². The maximum absolute atomic E-state index is 13.2. The number of fused-ring (bicyclic) bond motifs is 1. The van der Waals surface area contributed by atoms with Gasteiger partial charge < -0.3 is 10.2 Å².